The van der Waals surface area contributed by atoms with Crippen molar-refractivity contribution in [2.24, 2.45) is 0 Å². The fourth-order valence-corrected chi connectivity index (χ4v) is 11.5. The molecular weight excluding hydrogens is 907 g/mol. The first-order valence-corrected chi connectivity index (χ1v) is 25.4. The second-order valence-corrected chi connectivity index (χ2v) is 24.5. The third kappa shape index (κ3) is 9.62. The highest BCUT2D eigenvalue weighted by Crippen LogP contribution is 2.49. The van der Waals surface area contributed by atoms with Gasteiger partial charge in [-0.2, -0.15) is 0 Å². The van der Waals surface area contributed by atoms with E-state index in [1.807, 2.05) is 69.3 Å². The zero-order valence-electron chi connectivity index (χ0n) is 43.2. The summed E-state index contributed by atoms with van der Waals surface area (Å²) in [5, 5.41) is 3.20. The van der Waals surface area contributed by atoms with Crippen LogP contribution in [0.2, 0.25) is 0 Å². The molecule has 2 aliphatic rings. The van der Waals surface area contributed by atoms with Crippen molar-refractivity contribution in [1.29, 1.82) is 0 Å². The summed E-state index contributed by atoms with van der Waals surface area (Å²) in [6.45, 7) is 31.3. The maximum absolute atomic E-state index is 7.19. The maximum Gasteiger partial charge on any atom is 0.387 e. The van der Waals surface area contributed by atoms with E-state index < -0.39 is 53.0 Å². The first kappa shape index (κ1) is 50.1. The molecule has 0 saturated carbocycles. The lowest BCUT2D eigenvalue weighted by Gasteiger charge is -2.27. The van der Waals surface area contributed by atoms with Crippen molar-refractivity contribution in [1.82, 2.24) is 0 Å². The number of rotatable bonds is 9. The van der Waals surface area contributed by atoms with Crippen LogP contribution in [0.1, 0.15) is 126 Å². The standard InChI is InChI=1S/C53H70O13P2/c1-28(61-67-62-42-33(20-29(54-16)24-37(42)49(2,3)4)34-21-30(55-17)25-38(43(34)63-67)50(5,6)7)41-46(47-48(58-41)60-53(14,15)59-47)66-68-64-44-35(22-31(56-18)26-39(44)51(8,9)10)36-23-32(57-19)27-40(45(36)65-68)52(11,12)13/h20-28,41,46-48H,1-19H3/t28-,41-,46+,47-,48-/m1/s1. The summed E-state index contributed by atoms with van der Waals surface area (Å²) in [6.07, 6.45) is -3.77. The Morgan fingerprint density at radius 1 is 0.485 bits per heavy atom. The van der Waals surface area contributed by atoms with E-state index in [9.17, 15) is 0 Å². The molecule has 5 atom stereocenters. The van der Waals surface area contributed by atoms with E-state index in [-0.39, 0.29) is 21.7 Å². The molecule has 0 bridgehead atoms. The molecule has 68 heavy (non-hydrogen) atoms. The van der Waals surface area contributed by atoms with Crippen molar-refractivity contribution in [2.75, 3.05) is 28.4 Å². The minimum Gasteiger partial charge on any atom is -0.497 e. The Bertz CT molecular complexity index is 2790. The predicted molar refractivity (Wildman–Crippen MR) is 269 cm³/mol. The minimum absolute atomic E-state index is 0.359. The Kier molecular flexibility index (Phi) is 13.1. The number of hydrogen-bond donors (Lipinski definition) is 0. The van der Waals surface area contributed by atoms with Gasteiger partial charge in [0.05, 0.1) is 34.5 Å². The molecule has 4 heterocycles. The van der Waals surface area contributed by atoms with Crippen LogP contribution in [-0.4, -0.2) is 64.9 Å². The molecule has 0 amide bonds. The quantitative estimate of drug-likeness (QED) is 0.136. The second kappa shape index (κ2) is 17.8. The van der Waals surface area contributed by atoms with Gasteiger partial charge < -0.3 is 49.9 Å². The molecule has 370 valence electrons. The van der Waals surface area contributed by atoms with Gasteiger partial charge in [0, 0.05) is 43.8 Å². The molecule has 0 unspecified atom stereocenters. The van der Waals surface area contributed by atoms with E-state index in [0.29, 0.717) is 45.3 Å². The second-order valence-electron chi connectivity index (χ2n) is 22.5. The molecule has 0 radical (unpaired) electrons. The van der Waals surface area contributed by atoms with Crippen LogP contribution < -0.4 is 28.0 Å². The molecule has 2 saturated heterocycles. The summed E-state index contributed by atoms with van der Waals surface area (Å²) >= 11 is 0. The lowest BCUT2D eigenvalue weighted by molar-refractivity contribution is -0.218. The third-order valence-corrected chi connectivity index (χ3v) is 14.9. The fourth-order valence-electron chi connectivity index (χ4n) is 9.02. The van der Waals surface area contributed by atoms with E-state index in [1.54, 1.807) is 28.4 Å². The molecule has 15 heteroatoms. The average molecular weight is 977 g/mol. The molecule has 0 aliphatic carbocycles. The first-order chi connectivity index (χ1) is 31.6. The Morgan fingerprint density at radius 2 is 0.809 bits per heavy atom. The summed E-state index contributed by atoms with van der Waals surface area (Å²) in [7, 11) is 2.31. The van der Waals surface area contributed by atoms with Crippen LogP contribution in [-0.2, 0) is 35.9 Å². The van der Waals surface area contributed by atoms with Gasteiger partial charge in [-0.05, 0) is 91.0 Å². The molecule has 2 aromatic heterocycles. The summed E-state index contributed by atoms with van der Waals surface area (Å²) in [5.74, 6) is 1.79. The highest BCUT2D eigenvalue weighted by molar-refractivity contribution is 7.32. The molecule has 4 aromatic carbocycles. The van der Waals surface area contributed by atoms with Crippen molar-refractivity contribution in [3.8, 4) is 23.0 Å². The average Bonchev–Trinajstić information content (AvgIpc) is 3.59. The lowest BCUT2D eigenvalue weighted by Crippen LogP contribution is -2.44. The fraction of sp³-hybridized carbons (Fsp3) is 0.547. The number of benzene rings is 4. The Hall–Kier alpha value is -4.32. The maximum atomic E-state index is 7.19. The van der Waals surface area contributed by atoms with E-state index in [4.69, 9.17) is 59.0 Å². The number of hydrogen-bond acceptors (Lipinski definition) is 13. The Labute approximate surface area is 402 Å². The van der Waals surface area contributed by atoms with Gasteiger partial charge in [0.15, 0.2) is 12.1 Å². The largest absolute Gasteiger partial charge is 0.497 e. The van der Waals surface area contributed by atoms with Gasteiger partial charge in [-0.3, -0.25) is 9.05 Å². The van der Waals surface area contributed by atoms with Gasteiger partial charge in [0.1, 0.15) is 63.6 Å². The van der Waals surface area contributed by atoms with Crippen LogP contribution in [0, 0.1) is 0 Å². The molecular formula is C53H70O13P2. The smallest absolute Gasteiger partial charge is 0.387 e. The van der Waals surface area contributed by atoms with Gasteiger partial charge >= 0.3 is 16.5 Å². The van der Waals surface area contributed by atoms with E-state index in [2.05, 4.69) is 83.1 Å². The van der Waals surface area contributed by atoms with E-state index in [1.165, 1.54) is 0 Å². The SMILES string of the molecule is COc1cc(C(C)(C)C)c2op(O[C@@H]3[C@H]4OC(C)(C)O[C@H]4O[C@@H]3[C@@H](C)Op3oc4c(C(C)(C)C)cc(OC)cc4c4cc(OC)cc(C(C)(C)C)c4o3)oc3c(C(C)(C)C)cc(OC)cc3c2c1. The van der Waals surface area contributed by atoms with E-state index >= 15 is 0 Å². The van der Waals surface area contributed by atoms with Crippen molar-refractivity contribution >= 4 is 60.4 Å². The van der Waals surface area contributed by atoms with Crippen LogP contribution in [0.4, 0.5) is 0 Å². The monoisotopic (exact) mass is 976 g/mol. The molecule has 2 fully saturated rings. The van der Waals surface area contributed by atoms with Gasteiger partial charge in [-0.15, -0.1) is 0 Å². The molecule has 0 N–H and O–H groups in total. The zero-order chi connectivity index (χ0) is 49.6. The van der Waals surface area contributed by atoms with Crippen LogP contribution in [0.25, 0.3) is 43.9 Å². The van der Waals surface area contributed by atoms with Crippen LogP contribution in [0.5, 0.6) is 23.0 Å². The van der Waals surface area contributed by atoms with Crippen molar-refractivity contribution < 1.29 is 59.0 Å². The van der Waals surface area contributed by atoms with Gasteiger partial charge in [-0.1, -0.05) is 83.1 Å². The summed E-state index contributed by atoms with van der Waals surface area (Å²) in [5.41, 5.74) is 4.73. The highest BCUT2D eigenvalue weighted by atomic mass is 31.1. The highest BCUT2D eigenvalue weighted by Gasteiger charge is 2.58. The normalized spacial score (nSPS) is 20.3. The molecule has 8 rings (SSSR count). The molecule has 2 aliphatic heterocycles. The summed E-state index contributed by atoms with van der Waals surface area (Å²) in [6, 6.07) is 16.0. The van der Waals surface area contributed by atoms with Gasteiger partial charge in [0.25, 0.3) is 0 Å². The van der Waals surface area contributed by atoms with Crippen molar-refractivity contribution in [3.05, 3.63) is 70.8 Å². The zero-order valence-corrected chi connectivity index (χ0v) is 45.0. The van der Waals surface area contributed by atoms with Crippen molar-refractivity contribution in [3.63, 3.8) is 0 Å². The summed E-state index contributed by atoms with van der Waals surface area (Å²) in [4.78, 5) is 0. The Morgan fingerprint density at radius 3 is 1.12 bits per heavy atom. The Balaban J connectivity index is 1.34. The number of ether oxygens (including phenoxy) is 7. The van der Waals surface area contributed by atoms with Crippen LogP contribution >= 0.6 is 16.5 Å². The number of fused-ring (bicyclic) bond motifs is 7. The van der Waals surface area contributed by atoms with E-state index in [0.717, 1.165) is 43.8 Å². The van der Waals surface area contributed by atoms with Crippen molar-refractivity contribution in [2.45, 2.75) is 162 Å². The first-order valence-electron chi connectivity index (χ1n) is 23.2. The van der Waals surface area contributed by atoms with Crippen LogP contribution in [0.15, 0.2) is 65.3 Å². The topological polar surface area (TPSA) is 136 Å². The summed E-state index contributed by atoms with van der Waals surface area (Å²) < 4.78 is 85.7. The van der Waals surface area contributed by atoms with Crippen LogP contribution in [0.3, 0.4) is 0 Å². The predicted octanol–water partition coefficient (Wildman–Crippen LogP) is 14.3. The molecule has 13 nitrogen and oxygen atoms in total. The molecule has 0 spiro atoms. The van der Waals surface area contributed by atoms with Gasteiger partial charge in [0.2, 0.25) is 0 Å². The lowest BCUT2D eigenvalue weighted by atomic mass is 9.84. The van der Waals surface area contributed by atoms with Gasteiger partial charge in [-0.25, -0.2) is 0 Å². The molecule has 6 aromatic rings. The minimum atomic E-state index is -2.21. The third-order valence-electron chi connectivity index (χ3n) is 12.6. The number of methoxy groups -OCH3 is 4.